The van der Waals surface area contributed by atoms with Crippen LogP contribution in [0.2, 0.25) is 0 Å². The van der Waals surface area contributed by atoms with Crippen molar-refractivity contribution in [3.63, 3.8) is 0 Å². The summed E-state index contributed by atoms with van der Waals surface area (Å²) < 4.78 is 0. The van der Waals surface area contributed by atoms with E-state index in [0.717, 1.165) is 24.3 Å². The van der Waals surface area contributed by atoms with Crippen LogP contribution in [0.25, 0.3) is 0 Å². The number of nitrogen functional groups attached to an aromatic ring is 1. The topological polar surface area (TPSA) is 65.9 Å². The van der Waals surface area contributed by atoms with E-state index in [9.17, 15) is 0 Å². The Hall–Kier alpha value is -2.54. The molecule has 1 aromatic heterocycles. The normalized spacial score (nSPS) is 9.89. The first kappa shape index (κ1) is 12.9. The van der Waals surface area contributed by atoms with E-state index in [1.54, 1.807) is 12.3 Å². The quantitative estimate of drug-likeness (QED) is 0.847. The summed E-state index contributed by atoms with van der Waals surface area (Å²) in [7, 11) is 1.97. The second kappa shape index (κ2) is 5.87. The summed E-state index contributed by atoms with van der Waals surface area (Å²) in [6, 6.07) is 13.5. The largest absolute Gasteiger partial charge is 0.396 e. The van der Waals surface area contributed by atoms with Gasteiger partial charge in [-0.3, -0.25) is 4.98 Å². The SMILES string of the molecule is CN(CCc1ccccn1)c1cccc(C#N)c1N. The van der Waals surface area contributed by atoms with E-state index in [1.807, 2.05) is 42.3 Å². The molecule has 0 atom stereocenters. The molecule has 4 nitrogen and oxygen atoms in total. The van der Waals surface area contributed by atoms with E-state index in [4.69, 9.17) is 11.0 Å². The molecule has 0 unspecified atom stereocenters. The van der Waals surface area contributed by atoms with E-state index in [1.165, 1.54) is 0 Å². The Balaban J connectivity index is 2.09. The molecular formula is C15H16N4. The second-order valence-corrected chi connectivity index (χ2v) is 4.34. The maximum absolute atomic E-state index is 8.97. The fraction of sp³-hybridized carbons (Fsp3) is 0.200. The fourth-order valence-corrected chi connectivity index (χ4v) is 1.93. The third-order valence-electron chi connectivity index (χ3n) is 3.04. The molecular weight excluding hydrogens is 236 g/mol. The number of benzene rings is 1. The molecule has 2 aromatic rings. The number of aromatic nitrogens is 1. The van der Waals surface area contributed by atoms with Gasteiger partial charge in [-0.25, -0.2) is 0 Å². The van der Waals surface area contributed by atoms with E-state index < -0.39 is 0 Å². The third-order valence-corrected chi connectivity index (χ3v) is 3.04. The van der Waals surface area contributed by atoms with Gasteiger partial charge >= 0.3 is 0 Å². The maximum atomic E-state index is 8.97. The Kier molecular flexibility index (Phi) is 3.99. The Labute approximate surface area is 113 Å². The van der Waals surface area contributed by atoms with Crippen LogP contribution >= 0.6 is 0 Å². The fourth-order valence-electron chi connectivity index (χ4n) is 1.93. The predicted octanol–water partition coefficient (Wildman–Crippen LogP) is 2.21. The number of hydrogen-bond acceptors (Lipinski definition) is 4. The number of likely N-dealkylation sites (N-methyl/N-ethyl adjacent to an activating group) is 1. The highest BCUT2D eigenvalue weighted by molar-refractivity contribution is 5.73. The lowest BCUT2D eigenvalue weighted by atomic mass is 10.1. The van der Waals surface area contributed by atoms with Gasteiger partial charge < -0.3 is 10.6 Å². The summed E-state index contributed by atoms with van der Waals surface area (Å²) in [6.07, 6.45) is 2.63. The number of pyridine rings is 1. The van der Waals surface area contributed by atoms with Crippen molar-refractivity contribution >= 4 is 11.4 Å². The highest BCUT2D eigenvalue weighted by atomic mass is 15.1. The van der Waals surface area contributed by atoms with Crippen LogP contribution < -0.4 is 10.6 Å². The van der Waals surface area contributed by atoms with Gasteiger partial charge in [0.15, 0.2) is 0 Å². The van der Waals surface area contributed by atoms with E-state index >= 15 is 0 Å². The second-order valence-electron chi connectivity index (χ2n) is 4.34. The summed E-state index contributed by atoms with van der Waals surface area (Å²) >= 11 is 0. The lowest BCUT2D eigenvalue weighted by Crippen LogP contribution is -2.22. The first-order chi connectivity index (χ1) is 9.22. The molecule has 19 heavy (non-hydrogen) atoms. The molecule has 2 N–H and O–H groups in total. The molecule has 1 aromatic carbocycles. The van der Waals surface area contributed by atoms with Crippen molar-refractivity contribution in [2.45, 2.75) is 6.42 Å². The van der Waals surface area contributed by atoms with Gasteiger partial charge in [0.1, 0.15) is 6.07 Å². The van der Waals surface area contributed by atoms with Crippen LogP contribution in [0.15, 0.2) is 42.6 Å². The lowest BCUT2D eigenvalue weighted by Gasteiger charge is -2.21. The molecule has 0 radical (unpaired) electrons. The Bertz CT molecular complexity index is 587. The van der Waals surface area contributed by atoms with Crippen molar-refractivity contribution in [2.24, 2.45) is 0 Å². The zero-order valence-electron chi connectivity index (χ0n) is 10.9. The summed E-state index contributed by atoms with van der Waals surface area (Å²) in [5, 5.41) is 8.97. The van der Waals surface area contributed by atoms with Crippen molar-refractivity contribution < 1.29 is 0 Å². The number of nitriles is 1. The minimum Gasteiger partial charge on any atom is -0.396 e. The number of para-hydroxylation sites is 1. The first-order valence-corrected chi connectivity index (χ1v) is 6.12. The molecule has 0 amide bonds. The number of hydrogen-bond donors (Lipinski definition) is 1. The van der Waals surface area contributed by atoms with Gasteiger partial charge in [-0.1, -0.05) is 12.1 Å². The van der Waals surface area contributed by atoms with Gasteiger partial charge in [-0.2, -0.15) is 5.26 Å². The monoisotopic (exact) mass is 252 g/mol. The minimum atomic E-state index is 0.516. The molecule has 4 heteroatoms. The molecule has 0 aliphatic rings. The van der Waals surface area contributed by atoms with Crippen molar-refractivity contribution in [2.75, 3.05) is 24.2 Å². The zero-order valence-corrected chi connectivity index (χ0v) is 10.9. The smallest absolute Gasteiger partial charge is 0.101 e. The highest BCUT2D eigenvalue weighted by Crippen LogP contribution is 2.25. The van der Waals surface area contributed by atoms with Gasteiger partial charge in [0, 0.05) is 31.9 Å². The number of nitrogens with zero attached hydrogens (tertiary/aromatic N) is 3. The number of nitrogens with two attached hydrogens (primary N) is 1. The standard InChI is InChI=1S/C15H16N4/c1-19(10-8-13-6-2-3-9-18-13)14-7-4-5-12(11-16)15(14)17/h2-7,9H,8,10,17H2,1H3. The molecule has 1 heterocycles. The average molecular weight is 252 g/mol. The van der Waals surface area contributed by atoms with Crippen LogP contribution in [0.4, 0.5) is 11.4 Å². The lowest BCUT2D eigenvalue weighted by molar-refractivity contribution is 0.853. The molecule has 0 saturated heterocycles. The molecule has 0 fully saturated rings. The van der Waals surface area contributed by atoms with Crippen LogP contribution in [-0.4, -0.2) is 18.6 Å². The zero-order chi connectivity index (χ0) is 13.7. The predicted molar refractivity (Wildman–Crippen MR) is 76.8 cm³/mol. The first-order valence-electron chi connectivity index (χ1n) is 6.12. The molecule has 0 bridgehead atoms. The van der Waals surface area contributed by atoms with Crippen molar-refractivity contribution in [3.05, 3.63) is 53.9 Å². The molecule has 2 rings (SSSR count). The molecule has 0 aliphatic carbocycles. The molecule has 0 spiro atoms. The van der Waals surface area contributed by atoms with Gasteiger partial charge in [0.2, 0.25) is 0 Å². The average Bonchev–Trinajstić information content (AvgIpc) is 2.46. The van der Waals surface area contributed by atoms with Crippen molar-refractivity contribution in [1.29, 1.82) is 5.26 Å². The van der Waals surface area contributed by atoms with Gasteiger partial charge in [-0.15, -0.1) is 0 Å². The van der Waals surface area contributed by atoms with Crippen LogP contribution in [0.1, 0.15) is 11.3 Å². The minimum absolute atomic E-state index is 0.516. The molecule has 0 saturated carbocycles. The maximum Gasteiger partial charge on any atom is 0.101 e. The van der Waals surface area contributed by atoms with E-state index in [0.29, 0.717) is 11.3 Å². The van der Waals surface area contributed by atoms with Crippen LogP contribution in [0.3, 0.4) is 0 Å². The van der Waals surface area contributed by atoms with Crippen LogP contribution in [-0.2, 0) is 6.42 Å². The van der Waals surface area contributed by atoms with Crippen LogP contribution in [0.5, 0.6) is 0 Å². The van der Waals surface area contributed by atoms with Crippen molar-refractivity contribution in [3.8, 4) is 6.07 Å². The Morgan fingerprint density at radius 3 is 2.79 bits per heavy atom. The van der Waals surface area contributed by atoms with Gasteiger partial charge in [0.05, 0.1) is 16.9 Å². The summed E-state index contributed by atoms with van der Waals surface area (Å²) in [5.41, 5.74) is 8.97. The highest BCUT2D eigenvalue weighted by Gasteiger charge is 2.08. The van der Waals surface area contributed by atoms with Crippen molar-refractivity contribution in [1.82, 2.24) is 4.98 Å². The summed E-state index contributed by atoms with van der Waals surface area (Å²) in [4.78, 5) is 6.34. The molecule has 0 aliphatic heterocycles. The van der Waals surface area contributed by atoms with Crippen LogP contribution in [0, 0.1) is 11.3 Å². The number of rotatable bonds is 4. The summed E-state index contributed by atoms with van der Waals surface area (Å²) in [5.74, 6) is 0. The van der Waals surface area contributed by atoms with E-state index in [-0.39, 0.29) is 0 Å². The van der Waals surface area contributed by atoms with Gasteiger partial charge in [-0.05, 0) is 24.3 Å². The third kappa shape index (κ3) is 3.02. The Morgan fingerprint density at radius 2 is 2.11 bits per heavy atom. The van der Waals surface area contributed by atoms with E-state index in [2.05, 4.69) is 11.1 Å². The molecule has 96 valence electrons. The van der Waals surface area contributed by atoms with Gasteiger partial charge in [0.25, 0.3) is 0 Å². The summed E-state index contributed by atoms with van der Waals surface area (Å²) in [6.45, 7) is 0.802. The Morgan fingerprint density at radius 1 is 1.26 bits per heavy atom. The number of anilines is 2.